The molecule has 7 nitrogen and oxygen atoms in total. The van der Waals surface area contributed by atoms with E-state index >= 15 is 0 Å². The van der Waals surface area contributed by atoms with Gasteiger partial charge in [-0.1, -0.05) is 31.5 Å². The molecular weight excluding hydrogens is 388 g/mol. The van der Waals surface area contributed by atoms with E-state index in [0.29, 0.717) is 17.2 Å². The highest BCUT2D eigenvalue weighted by Crippen LogP contribution is 2.22. The number of rotatable bonds is 10. The Morgan fingerprint density at radius 2 is 2.00 bits per heavy atom. The SMILES string of the molecule is CCCCc1ccccc1NCc1ccc(C(=O)Nc2ccn(CC(=O)O)n2)s1. The number of amides is 1. The van der Waals surface area contributed by atoms with Gasteiger partial charge in [0.2, 0.25) is 0 Å². The number of benzene rings is 1. The normalized spacial score (nSPS) is 10.7. The molecule has 0 fully saturated rings. The molecule has 0 aliphatic carbocycles. The first-order valence-electron chi connectivity index (χ1n) is 9.52. The van der Waals surface area contributed by atoms with Crippen LogP contribution in [-0.2, 0) is 24.3 Å². The zero-order valence-corrected chi connectivity index (χ0v) is 17.0. The molecule has 1 aromatic carbocycles. The van der Waals surface area contributed by atoms with E-state index in [9.17, 15) is 9.59 Å². The van der Waals surface area contributed by atoms with Crippen molar-refractivity contribution in [2.24, 2.45) is 0 Å². The van der Waals surface area contributed by atoms with Crippen molar-refractivity contribution in [3.8, 4) is 0 Å². The minimum Gasteiger partial charge on any atom is -0.480 e. The van der Waals surface area contributed by atoms with Gasteiger partial charge in [0, 0.05) is 29.4 Å². The summed E-state index contributed by atoms with van der Waals surface area (Å²) in [6.07, 6.45) is 4.88. The van der Waals surface area contributed by atoms with Gasteiger partial charge in [0.05, 0.1) is 4.88 Å². The number of unbranched alkanes of at least 4 members (excludes halogenated alkanes) is 1. The molecule has 0 saturated carbocycles. The Balaban J connectivity index is 1.57. The van der Waals surface area contributed by atoms with Crippen molar-refractivity contribution in [3.05, 3.63) is 64.0 Å². The standard InChI is InChI=1S/C21H24N4O3S/c1-2-3-6-15-7-4-5-8-17(15)22-13-16-9-10-18(29-16)21(28)23-19-11-12-25(24-19)14-20(26)27/h4-5,7-12,22H,2-3,6,13-14H2,1H3,(H,26,27)(H,23,24,28). The Bertz CT molecular complexity index is 980. The lowest BCUT2D eigenvalue weighted by atomic mass is 10.1. The van der Waals surface area contributed by atoms with Crippen LogP contribution in [0.3, 0.4) is 0 Å². The summed E-state index contributed by atoms with van der Waals surface area (Å²) >= 11 is 1.42. The zero-order valence-electron chi connectivity index (χ0n) is 16.2. The molecule has 0 aliphatic rings. The summed E-state index contributed by atoms with van der Waals surface area (Å²) in [4.78, 5) is 24.8. The fraction of sp³-hybridized carbons (Fsp3) is 0.286. The molecule has 29 heavy (non-hydrogen) atoms. The highest BCUT2D eigenvalue weighted by Gasteiger charge is 2.12. The van der Waals surface area contributed by atoms with E-state index in [4.69, 9.17) is 5.11 Å². The summed E-state index contributed by atoms with van der Waals surface area (Å²) in [5.74, 6) is -0.919. The van der Waals surface area contributed by atoms with E-state index in [0.717, 1.165) is 29.8 Å². The van der Waals surface area contributed by atoms with Crippen molar-refractivity contribution in [2.45, 2.75) is 39.3 Å². The van der Waals surface area contributed by atoms with Gasteiger partial charge in [0.15, 0.2) is 5.82 Å². The summed E-state index contributed by atoms with van der Waals surface area (Å²) in [6.45, 7) is 2.59. The first kappa shape index (κ1) is 20.6. The number of carboxylic acid groups (broad SMARTS) is 1. The Kier molecular flexibility index (Phi) is 7.02. The summed E-state index contributed by atoms with van der Waals surface area (Å²) in [7, 11) is 0. The molecular formula is C21H24N4O3S. The maximum absolute atomic E-state index is 12.4. The van der Waals surface area contributed by atoms with Gasteiger partial charge >= 0.3 is 5.97 Å². The number of thiophene rings is 1. The molecule has 3 aromatic rings. The van der Waals surface area contributed by atoms with Gasteiger partial charge in [-0.05, 0) is 36.6 Å². The quantitative estimate of drug-likeness (QED) is 0.463. The molecule has 0 bridgehead atoms. The lowest BCUT2D eigenvalue weighted by molar-refractivity contribution is -0.137. The third-order valence-electron chi connectivity index (χ3n) is 4.34. The number of hydrogen-bond donors (Lipinski definition) is 3. The number of aromatic nitrogens is 2. The Morgan fingerprint density at radius 1 is 1.17 bits per heavy atom. The third kappa shape index (κ3) is 5.92. The molecule has 3 rings (SSSR count). The monoisotopic (exact) mass is 412 g/mol. The van der Waals surface area contributed by atoms with Crippen LogP contribution in [0.15, 0.2) is 48.7 Å². The minimum atomic E-state index is -0.988. The summed E-state index contributed by atoms with van der Waals surface area (Å²) in [5.41, 5.74) is 2.44. The van der Waals surface area contributed by atoms with Gasteiger partial charge in [-0.25, -0.2) is 0 Å². The van der Waals surface area contributed by atoms with E-state index < -0.39 is 5.97 Å². The Labute approximate surface area is 173 Å². The molecule has 1 amide bonds. The van der Waals surface area contributed by atoms with Crippen LogP contribution in [0.2, 0.25) is 0 Å². The first-order chi connectivity index (χ1) is 14.0. The second kappa shape index (κ2) is 9.88. The van der Waals surface area contributed by atoms with Crippen molar-refractivity contribution >= 4 is 34.7 Å². The van der Waals surface area contributed by atoms with Gasteiger partial charge in [-0.15, -0.1) is 11.3 Å². The van der Waals surface area contributed by atoms with Gasteiger partial charge in [0.25, 0.3) is 5.91 Å². The lowest BCUT2D eigenvalue weighted by Gasteiger charge is -2.11. The van der Waals surface area contributed by atoms with Crippen LogP contribution in [-0.4, -0.2) is 26.8 Å². The number of carboxylic acids is 1. The summed E-state index contributed by atoms with van der Waals surface area (Å²) < 4.78 is 1.26. The van der Waals surface area contributed by atoms with Gasteiger partial charge in [-0.2, -0.15) is 5.10 Å². The lowest BCUT2D eigenvalue weighted by Crippen LogP contribution is -2.13. The molecule has 152 valence electrons. The van der Waals surface area contributed by atoms with Crippen LogP contribution in [0.4, 0.5) is 11.5 Å². The van der Waals surface area contributed by atoms with E-state index in [1.165, 1.54) is 27.8 Å². The maximum Gasteiger partial charge on any atom is 0.325 e. The van der Waals surface area contributed by atoms with E-state index in [1.807, 2.05) is 12.1 Å². The first-order valence-corrected chi connectivity index (χ1v) is 10.3. The topological polar surface area (TPSA) is 96.2 Å². The molecule has 0 radical (unpaired) electrons. The molecule has 2 heterocycles. The number of nitrogens with zero attached hydrogens (tertiary/aromatic N) is 2. The van der Waals surface area contributed by atoms with Crippen molar-refractivity contribution in [3.63, 3.8) is 0 Å². The molecule has 0 unspecified atom stereocenters. The number of carbonyl (C=O) groups excluding carboxylic acids is 1. The Hall–Kier alpha value is -3.13. The third-order valence-corrected chi connectivity index (χ3v) is 5.42. The maximum atomic E-state index is 12.4. The van der Waals surface area contributed by atoms with Crippen molar-refractivity contribution in [1.82, 2.24) is 9.78 Å². The summed E-state index contributed by atoms with van der Waals surface area (Å²) in [5, 5.41) is 19.0. The van der Waals surface area contributed by atoms with Crippen LogP contribution in [0, 0.1) is 0 Å². The number of aryl methyl sites for hydroxylation is 1. The number of nitrogens with one attached hydrogen (secondary N) is 2. The van der Waals surface area contributed by atoms with E-state index in [1.54, 1.807) is 12.1 Å². The Morgan fingerprint density at radius 3 is 2.79 bits per heavy atom. The van der Waals surface area contributed by atoms with Crippen LogP contribution < -0.4 is 10.6 Å². The number of hydrogen-bond acceptors (Lipinski definition) is 5. The predicted octanol–water partition coefficient (Wildman–Crippen LogP) is 4.24. The predicted molar refractivity (Wildman–Crippen MR) is 115 cm³/mol. The molecule has 2 aromatic heterocycles. The number of para-hydroxylation sites is 1. The van der Waals surface area contributed by atoms with E-state index in [2.05, 4.69) is 40.9 Å². The highest BCUT2D eigenvalue weighted by molar-refractivity contribution is 7.14. The molecule has 3 N–H and O–H groups in total. The van der Waals surface area contributed by atoms with Gasteiger partial charge in [-0.3, -0.25) is 14.3 Å². The number of carbonyl (C=O) groups is 2. The van der Waals surface area contributed by atoms with Crippen LogP contribution >= 0.6 is 11.3 Å². The van der Waals surface area contributed by atoms with Gasteiger partial charge in [0.1, 0.15) is 6.54 Å². The minimum absolute atomic E-state index is 0.246. The second-order valence-electron chi connectivity index (χ2n) is 6.63. The fourth-order valence-electron chi connectivity index (χ4n) is 2.89. The molecule has 0 spiro atoms. The average molecular weight is 413 g/mol. The number of aliphatic carboxylic acids is 1. The van der Waals surface area contributed by atoms with Crippen LogP contribution in [0.1, 0.15) is 39.9 Å². The number of anilines is 2. The van der Waals surface area contributed by atoms with E-state index in [-0.39, 0.29) is 12.5 Å². The van der Waals surface area contributed by atoms with Crippen LogP contribution in [0.5, 0.6) is 0 Å². The largest absolute Gasteiger partial charge is 0.480 e. The van der Waals surface area contributed by atoms with Crippen molar-refractivity contribution < 1.29 is 14.7 Å². The molecule has 8 heteroatoms. The van der Waals surface area contributed by atoms with Crippen molar-refractivity contribution in [1.29, 1.82) is 0 Å². The molecule has 0 saturated heterocycles. The summed E-state index contributed by atoms with van der Waals surface area (Å²) in [6, 6.07) is 13.6. The van der Waals surface area contributed by atoms with Gasteiger partial charge < -0.3 is 15.7 Å². The van der Waals surface area contributed by atoms with Crippen molar-refractivity contribution in [2.75, 3.05) is 10.6 Å². The molecule has 0 atom stereocenters. The second-order valence-corrected chi connectivity index (χ2v) is 7.79. The van der Waals surface area contributed by atoms with Crippen LogP contribution in [0.25, 0.3) is 0 Å². The fourth-order valence-corrected chi connectivity index (χ4v) is 3.73. The molecule has 0 aliphatic heterocycles. The smallest absolute Gasteiger partial charge is 0.325 e. The zero-order chi connectivity index (χ0) is 20.6. The average Bonchev–Trinajstić information content (AvgIpc) is 3.34. The highest BCUT2D eigenvalue weighted by atomic mass is 32.1.